The van der Waals surface area contributed by atoms with Gasteiger partial charge in [-0.3, -0.25) is 9.78 Å². The molecular weight excluding hydrogens is 550 g/mol. The molecule has 0 aliphatic heterocycles. The van der Waals surface area contributed by atoms with E-state index in [0.717, 1.165) is 17.7 Å². The largest absolute Gasteiger partial charge is 0.386 e. The third kappa shape index (κ3) is 4.95. The number of fused-ring (bicyclic) bond motifs is 2. The van der Waals surface area contributed by atoms with Crippen LogP contribution in [0.15, 0.2) is 59.6 Å². The first-order chi connectivity index (χ1) is 18.4. The molecule has 2 aliphatic rings. The van der Waals surface area contributed by atoms with Gasteiger partial charge in [-0.15, -0.1) is 0 Å². The van der Waals surface area contributed by atoms with Gasteiger partial charge in [-0.05, 0) is 92.5 Å². The second kappa shape index (κ2) is 10.2. The highest BCUT2D eigenvalue weighted by molar-refractivity contribution is 7.92. The molecule has 7 nitrogen and oxygen atoms in total. The molecule has 1 amide bonds. The molecule has 39 heavy (non-hydrogen) atoms. The summed E-state index contributed by atoms with van der Waals surface area (Å²) in [6.07, 6.45) is 1.64. The van der Waals surface area contributed by atoms with Crippen molar-refractivity contribution in [2.24, 2.45) is 11.8 Å². The zero-order chi connectivity index (χ0) is 28.1. The number of aliphatic hydroxyl groups is 2. The van der Waals surface area contributed by atoms with Gasteiger partial charge < -0.3 is 15.5 Å². The van der Waals surface area contributed by atoms with Crippen molar-refractivity contribution in [2.45, 2.75) is 54.5 Å². The predicted molar refractivity (Wildman–Crippen MR) is 141 cm³/mol. The number of aryl methyl sites for hydroxylation is 1. The van der Waals surface area contributed by atoms with Crippen molar-refractivity contribution >= 4 is 33.0 Å². The van der Waals surface area contributed by atoms with E-state index in [1.54, 1.807) is 18.3 Å². The molecule has 2 aromatic carbocycles. The minimum atomic E-state index is -4.04. The van der Waals surface area contributed by atoms with E-state index in [1.165, 1.54) is 24.3 Å². The van der Waals surface area contributed by atoms with Crippen LogP contribution in [0, 0.1) is 30.4 Å². The topological polar surface area (TPSA) is 117 Å². The van der Waals surface area contributed by atoms with Gasteiger partial charge in [-0.2, -0.15) is 0 Å². The lowest BCUT2D eigenvalue weighted by molar-refractivity contribution is -0.145. The number of carbonyl (C=O) groups is 1. The van der Waals surface area contributed by atoms with Gasteiger partial charge in [-0.1, -0.05) is 11.6 Å². The number of benzene rings is 2. The van der Waals surface area contributed by atoms with E-state index >= 15 is 0 Å². The van der Waals surface area contributed by atoms with Crippen LogP contribution in [0.25, 0.3) is 0 Å². The van der Waals surface area contributed by atoms with Gasteiger partial charge >= 0.3 is 0 Å². The van der Waals surface area contributed by atoms with Crippen LogP contribution in [0.4, 0.5) is 14.5 Å². The van der Waals surface area contributed by atoms with Gasteiger partial charge in [0, 0.05) is 23.5 Å². The van der Waals surface area contributed by atoms with E-state index < -0.39 is 56.2 Å². The monoisotopic (exact) mass is 576 g/mol. The molecule has 5 rings (SSSR count). The number of hydrogen-bond acceptors (Lipinski definition) is 6. The standard InChI is InChI=1S/C28H27ClF2N2O5S/c1-15-8-9-32-24(10-15)26(34)28(36)17-3-4-18(28)13-20(12-17)39(37,38)25-11-16(2-6-21(25)29)27(35)33-19-5-7-22(30)23(31)14-19/h2,5-11,14,17-18,20,26,34,36H,3-4,12-13H2,1H3,(H,33,35)/t17?,18?,20?,26-,28?/m1/s1. The molecule has 1 heterocycles. The molecule has 3 N–H and O–H groups in total. The van der Waals surface area contributed by atoms with Crippen molar-refractivity contribution < 1.29 is 32.2 Å². The van der Waals surface area contributed by atoms with Crippen LogP contribution in [0.5, 0.6) is 0 Å². The van der Waals surface area contributed by atoms with Crippen molar-refractivity contribution in [3.8, 4) is 0 Å². The van der Waals surface area contributed by atoms with Crippen LogP contribution in [0.1, 0.15) is 53.4 Å². The molecular formula is C28H27ClF2N2O5S. The lowest BCUT2D eigenvalue weighted by Crippen LogP contribution is -2.52. The number of nitrogens with zero attached hydrogens (tertiary/aromatic N) is 1. The molecule has 206 valence electrons. The minimum absolute atomic E-state index is 0.00283. The Morgan fingerprint density at radius 1 is 1.08 bits per heavy atom. The Morgan fingerprint density at radius 3 is 2.41 bits per heavy atom. The summed E-state index contributed by atoms with van der Waals surface area (Å²) in [5.74, 6) is -3.88. The smallest absolute Gasteiger partial charge is 0.255 e. The van der Waals surface area contributed by atoms with E-state index in [-0.39, 0.29) is 34.0 Å². The Hall–Kier alpha value is -2.92. The fraction of sp³-hybridized carbons (Fsp3) is 0.357. The molecule has 1 aromatic heterocycles. The van der Waals surface area contributed by atoms with E-state index in [1.807, 2.05) is 6.92 Å². The van der Waals surface area contributed by atoms with Gasteiger partial charge in [0.25, 0.3) is 5.91 Å². The van der Waals surface area contributed by atoms with Crippen molar-refractivity contribution in [1.29, 1.82) is 0 Å². The summed E-state index contributed by atoms with van der Waals surface area (Å²) in [4.78, 5) is 16.8. The maximum Gasteiger partial charge on any atom is 0.255 e. The number of rotatable bonds is 6. The third-order valence-electron chi connectivity index (χ3n) is 8.04. The minimum Gasteiger partial charge on any atom is -0.386 e. The highest BCUT2D eigenvalue weighted by Gasteiger charge is 2.59. The number of amides is 1. The lowest BCUT2D eigenvalue weighted by atomic mass is 9.70. The molecule has 2 aliphatic carbocycles. The normalized spacial score (nSPS) is 25.3. The summed E-state index contributed by atoms with van der Waals surface area (Å²) < 4.78 is 54.3. The van der Waals surface area contributed by atoms with Gasteiger partial charge in [0.1, 0.15) is 11.7 Å². The molecule has 3 aromatic rings. The van der Waals surface area contributed by atoms with Gasteiger partial charge in [-0.25, -0.2) is 17.2 Å². The molecule has 2 fully saturated rings. The summed E-state index contributed by atoms with van der Waals surface area (Å²) in [5.41, 5.74) is -0.308. The van der Waals surface area contributed by atoms with E-state index in [0.29, 0.717) is 18.5 Å². The molecule has 11 heteroatoms. The van der Waals surface area contributed by atoms with Crippen LogP contribution >= 0.6 is 11.6 Å². The zero-order valence-electron chi connectivity index (χ0n) is 20.9. The summed E-state index contributed by atoms with van der Waals surface area (Å²) in [6, 6.07) is 10.2. The number of sulfone groups is 1. The van der Waals surface area contributed by atoms with Crippen LogP contribution in [-0.4, -0.2) is 40.4 Å². The number of pyridine rings is 1. The molecule has 0 spiro atoms. The molecule has 2 bridgehead atoms. The summed E-state index contributed by atoms with van der Waals surface area (Å²) in [7, 11) is -4.04. The Bertz CT molecular complexity index is 1540. The summed E-state index contributed by atoms with van der Waals surface area (Å²) in [5, 5.41) is 24.3. The second-order valence-corrected chi connectivity index (χ2v) is 13.0. The van der Waals surface area contributed by atoms with E-state index in [9.17, 15) is 32.2 Å². The SMILES string of the molecule is Cc1ccnc([C@@H](O)C2(O)C3CCC2CC(S(=O)(=O)c2cc(C(=O)Nc4ccc(F)c(F)c4)ccc2Cl)C3)c1. The number of nitrogens with one attached hydrogen (secondary N) is 1. The fourth-order valence-electron chi connectivity index (χ4n) is 6.01. The highest BCUT2D eigenvalue weighted by atomic mass is 35.5. The third-order valence-corrected chi connectivity index (χ3v) is 10.7. The Labute approximate surface area is 229 Å². The molecule has 2 unspecified atom stereocenters. The van der Waals surface area contributed by atoms with Crippen LogP contribution in [-0.2, 0) is 9.84 Å². The van der Waals surface area contributed by atoms with Gasteiger partial charge in [0.15, 0.2) is 21.5 Å². The number of hydrogen-bond donors (Lipinski definition) is 3. The lowest BCUT2D eigenvalue weighted by Gasteiger charge is -2.45. The molecule has 0 saturated heterocycles. The summed E-state index contributed by atoms with van der Waals surface area (Å²) in [6.45, 7) is 1.86. The molecule has 2 saturated carbocycles. The average molecular weight is 577 g/mol. The molecule has 3 atom stereocenters. The summed E-state index contributed by atoms with van der Waals surface area (Å²) >= 11 is 6.29. The Kier molecular flexibility index (Phi) is 7.26. The van der Waals surface area contributed by atoms with E-state index in [2.05, 4.69) is 10.3 Å². The maximum atomic E-state index is 13.8. The fourth-order valence-corrected chi connectivity index (χ4v) is 8.41. The second-order valence-electron chi connectivity index (χ2n) is 10.4. The zero-order valence-corrected chi connectivity index (χ0v) is 22.5. The van der Waals surface area contributed by atoms with Crippen molar-refractivity contribution in [3.63, 3.8) is 0 Å². The van der Waals surface area contributed by atoms with Gasteiger partial charge in [0.05, 0.1) is 20.9 Å². The first-order valence-corrected chi connectivity index (χ1v) is 14.5. The number of carbonyl (C=O) groups excluding carboxylic acids is 1. The predicted octanol–water partition coefficient (Wildman–Crippen LogP) is 5.00. The highest BCUT2D eigenvalue weighted by Crippen LogP contribution is 2.56. The van der Waals surface area contributed by atoms with E-state index in [4.69, 9.17) is 11.6 Å². The van der Waals surface area contributed by atoms with Crippen molar-refractivity contribution in [3.05, 3.63) is 88.2 Å². The van der Waals surface area contributed by atoms with Crippen LogP contribution in [0.3, 0.4) is 0 Å². The van der Waals surface area contributed by atoms with Crippen molar-refractivity contribution in [2.75, 3.05) is 5.32 Å². The number of halogens is 3. The quantitative estimate of drug-likeness (QED) is 0.380. The first-order valence-electron chi connectivity index (χ1n) is 12.5. The number of aliphatic hydroxyl groups excluding tert-OH is 1. The average Bonchev–Trinajstić information content (AvgIpc) is 3.05. The molecule has 0 radical (unpaired) electrons. The van der Waals surface area contributed by atoms with Crippen LogP contribution < -0.4 is 5.32 Å². The van der Waals surface area contributed by atoms with Crippen LogP contribution in [0.2, 0.25) is 5.02 Å². The van der Waals surface area contributed by atoms with Crippen molar-refractivity contribution in [1.82, 2.24) is 4.98 Å². The number of aromatic nitrogens is 1. The maximum absolute atomic E-state index is 13.8. The van der Waals surface area contributed by atoms with Gasteiger partial charge in [0.2, 0.25) is 0 Å². The Morgan fingerprint density at radius 2 is 1.77 bits per heavy atom. The first kappa shape index (κ1) is 27.6. The Balaban J connectivity index is 1.39. The number of anilines is 1.